The van der Waals surface area contributed by atoms with E-state index in [-0.39, 0.29) is 4.87 Å². The summed E-state index contributed by atoms with van der Waals surface area (Å²) in [6.07, 6.45) is 49.6. The molecule has 0 aliphatic heterocycles. The largest absolute Gasteiger partial charge is 0.317 e. The lowest BCUT2D eigenvalue weighted by molar-refractivity contribution is 0.448. The Morgan fingerprint density at radius 2 is 0.524 bits per heavy atom. The van der Waals surface area contributed by atoms with E-state index in [4.69, 9.17) is 5.73 Å². The van der Waals surface area contributed by atoms with Gasteiger partial charge in [0.25, 0.3) is 0 Å². The highest BCUT2D eigenvalue weighted by Gasteiger charge is 2.24. The predicted molar refractivity (Wildman–Crippen MR) is 198 cm³/mol. The molecule has 0 fully saturated rings. The number of rotatable bonds is 37. The third kappa shape index (κ3) is 33.2. The molecule has 1 nitrogen and oxygen atoms in total. The summed E-state index contributed by atoms with van der Waals surface area (Å²) in [6, 6.07) is 0. The Labute approximate surface area is 272 Å². The van der Waals surface area contributed by atoms with E-state index in [2.05, 4.69) is 32.5 Å². The quantitative estimate of drug-likeness (QED) is 0.0560. The number of hydrogen-bond acceptors (Lipinski definition) is 2. The van der Waals surface area contributed by atoms with Gasteiger partial charge in [-0.3, -0.25) is 0 Å². The highest BCUT2D eigenvalue weighted by atomic mass is 32.2. The van der Waals surface area contributed by atoms with Gasteiger partial charge in [0.2, 0.25) is 0 Å². The van der Waals surface area contributed by atoms with E-state index in [1.165, 1.54) is 230 Å². The Bertz CT molecular complexity index is 454. The van der Waals surface area contributed by atoms with Gasteiger partial charge in [0.05, 0.1) is 4.87 Å². The van der Waals surface area contributed by atoms with E-state index in [1.54, 1.807) is 0 Å². The molecule has 0 rings (SSSR count). The second-order valence-electron chi connectivity index (χ2n) is 14.0. The van der Waals surface area contributed by atoms with Crippen molar-refractivity contribution < 1.29 is 0 Å². The molecule has 0 saturated heterocycles. The zero-order chi connectivity index (χ0) is 30.7. The zero-order valence-corrected chi connectivity index (χ0v) is 30.8. The molecule has 2 N–H and O–H groups in total. The van der Waals surface area contributed by atoms with Crippen LogP contribution in [0.4, 0.5) is 0 Å². The first-order valence-corrected chi connectivity index (χ1v) is 21.1. The number of unbranched alkanes of at least 4 members (excludes halogenated alkanes) is 30. The summed E-state index contributed by atoms with van der Waals surface area (Å²) in [5, 5.41) is 0. The average molecular weight is 610 g/mol. The van der Waals surface area contributed by atoms with Gasteiger partial charge in [0.15, 0.2) is 0 Å². The minimum absolute atomic E-state index is 0.0391. The summed E-state index contributed by atoms with van der Waals surface area (Å²) in [4.78, 5) is 0.0391. The summed E-state index contributed by atoms with van der Waals surface area (Å²) >= 11 is 2.14. The predicted octanol–water partition coefficient (Wildman–Crippen LogP) is 15.1. The van der Waals surface area contributed by atoms with Gasteiger partial charge >= 0.3 is 0 Å². The second-order valence-corrected chi connectivity index (χ2v) is 15.5. The topological polar surface area (TPSA) is 26.0 Å². The molecule has 0 aliphatic rings. The fourth-order valence-corrected chi connectivity index (χ4v) is 7.82. The Kier molecular flexibility index (Phi) is 36.0. The standard InChI is InChI=1S/C40H83NS/c1-4-7-10-13-16-19-22-23-24-27-30-33-36-39-42-40(41,37-34-31-28-25-20-17-14-11-8-5-2)38-35-32-29-26-21-18-15-12-9-6-3/h4-39,41H2,1-3H3. The van der Waals surface area contributed by atoms with E-state index in [0.29, 0.717) is 0 Å². The average Bonchev–Trinajstić information content (AvgIpc) is 2.99. The second kappa shape index (κ2) is 35.8. The van der Waals surface area contributed by atoms with Gasteiger partial charge < -0.3 is 5.73 Å². The van der Waals surface area contributed by atoms with E-state index >= 15 is 0 Å². The molecule has 0 atom stereocenters. The summed E-state index contributed by atoms with van der Waals surface area (Å²) in [7, 11) is 0. The molecular formula is C40H83NS. The van der Waals surface area contributed by atoms with Gasteiger partial charge in [-0.05, 0) is 25.0 Å². The highest BCUT2D eigenvalue weighted by molar-refractivity contribution is 8.00. The van der Waals surface area contributed by atoms with E-state index < -0.39 is 0 Å². The van der Waals surface area contributed by atoms with E-state index in [9.17, 15) is 0 Å². The van der Waals surface area contributed by atoms with Crippen LogP contribution in [0, 0.1) is 0 Å². The van der Waals surface area contributed by atoms with Crippen LogP contribution in [0.5, 0.6) is 0 Å². The van der Waals surface area contributed by atoms with Gasteiger partial charge in [0.1, 0.15) is 0 Å². The summed E-state index contributed by atoms with van der Waals surface area (Å²) in [6.45, 7) is 6.93. The van der Waals surface area contributed by atoms with Crippen LogP contribution in [-0.2, 0) is 0 Å². The molecule has 42 heavy (non-hydrogen) atoms. The first kappa shape index (κ1) is 42.3. The Hall–Kier alpha value is 0.310. The van der Waals surface area contributed by atoms with Gasteiger partial charge in [-0.25, -0.2) is 0 Å². The molecule has 0 unspecified atom stereocenters. The summed E-state index contributed by atoms with van der Waals surface area (Å²) in [5.41, 5.74) is 7.13. The lowest BCUT2D eigenvalue weighted by Crippen LogP contribution is -2.36. The van der Waals surface area contributed by atoms with Crippen LogP contribution in [0.25, 0.3) is 0 Å². The highest BCUT2D eigenvalue weighted by Crippen LogP contribution is 2.33. The van der Waals surface area contributed by atoms with Crippen LogP contribution in [0.15, 0.2) is 0 Å². The number of hydrogen-bond donors (Lipinski definition) is 1. The molecule has 0 aromatic rings. The smallest absolute Gasteiger partial charge is 0.0620 e. The van der Waals surface area contributed by atoms with Crippen molar-refractivity contribution in [1.82, 2.24) is 0 Å². The Morgan fingerprint density at radius 1 is 0.310 bits per heavy atom. The molecule has 0 saturated carbocycles. The van der Waals surface area contributed by atoms with Gasteiger partial charge in [-0.1, -0.05) is 226 Å². The van der Waals surface area contributed by atoms with Crippen LogP contribution < -0.4 is 5.73 Å². The summed E-state index contributed by atoms with van der Waals surface area (Å²) < 4.78 is 0. The lowest BCUT2D eigenvalue weighted by Gasteiger charge is -2.29. The molecule has 0 aromatic heterocycles. The van der Waals surface area contributed by atoms with Crippen molar-refractivity contribution in [2.75, 3.05) is 5.75 Å². The van der Waals surface area contributed by atoms with Crippen molar-refractivity contribution in [3.8, 4) is 0 Å². The normalized spacial score (nSPS) is 12.0. The minimum Gasteiger partial charge on any atom is -0.317 e. The number of nitrogens with two attached hydrogens (primary N) is 1. The van der Waals surface area contributed by atoms with E-state index in [1.807, 2.05) is 0 Å². The molecule has 0 bridgehead atoms. The van der Waals surface area contributed by atoms with Crippen molar-refractivity contribution >= 4 is 11.8 Å². The van der Waals surface area contributed by atoms with Crippen molar-refractivity contribution in [2.24, 2.45) is 5.73 Å². The molecule has 0 aliphatic carbocycles. The van der Waals surface area contributed by atoms with Gasteiger partial charge in [0, 0.05) is 0 Å². The molecular weight excluding hydrogens is 527 g/mol. The Morgan fingerprint density at radius 3 is 0.786 bits per heavy atom. The summed E-state index contributed by atoms with van der Waals surface area (Å²) in [5.74, 6) is 1.28. The SMILES string of the molecule is CCCCCCCCCCCCCCCSC(N)(CCCCCCCCCCCC)CCCCCCCCCCCC. The van der Waals surface area contributed by atoms with E-state index in [0.717, 1.165) is 0 Å². The third-order valence-corrected chi connectivity index (χ3v) is 11.0. The fourth-order valence-electron chi connectivity index (χ4n) is 6.49. The maximum Gasteiger partial charge on any atom is 0.0620 e. The number of thioether (sulfide) groups is 1. The van der Waals surface area contributed by atoms with Crippen molar-refractivity contribution in [3.05, 3.63) is 0 Å². The fraction of sp³-hybridized carbons (Fsp3) is 1.00. The molecule has 0 amide bonds. The van der Waals surface area contributed by atoms with Crippen LogP contribution in [0.2, 0.25) is 0 Å². The van der Waals surface area contributed by atoms with Crippen LogP contribution >= 0.6 is 11.8 Å². The monoisotopic (exact) mass is 610 g/mol. The Balaban J connectivity index is 4.03. The van der Waals surface area contributed by atoms with Crippen LogP contribution in [0.1, 0.15) is 245 Å². The van der Waals surface area contributed by atoms with Crippen molar-refractivity contribution in [3.63, 3.8) is 0 Å². The van der Waals surface area contributed by atoms with Gasteiger partial charge in [-0.15, -0.1) is 11.8 Å². The first-order valence-electron chi connectivity index (χ1n) is 20.1. The molecule has 0 aromatic carbocycles. The van der Waals surface area contributed by atoms with Crippen molar-refractivity contribution in [1.29, 1.82) is 0 Å². The van der Waals surface area contributed by atoms with Crippen molar-refractivity contribution in [2.45, 2.75) is 250 Å². The van der Waals surface area contributed by atoms with Crippen LogP contribution in [-0.4, -0.2) is 10.6 Å². The molecule has 0 spiro atoms. The maximum absolute atomic E-state index is 7.13. The lowest BCUT2D eigenvalue weighted by atomic mass is 9.99. The van der Waals surface area contributed by atoms with Crippen LogP contribution in [0.3, 0.4) is 0 Å². The molecule has 254 valence electrons. The minimum atomic E-state index is 0.0391. The molecule has 2 heteroatoms. The van der Waals surface area contributed by atoms with Gasteiger partial charge in [-0.2, -0.15) is 0 Å². The molecule has 0 radical (unpaired) electrons. The first-order chi connectivity index (χ1) is 20.7. The third-order valence-electron chi connectivity index (χ3n) is 9.54. The maximum atomic E-state index is 7.13. The molecule has 0 heterocycles. The zero-order valence-electron chi connectivity index (χ0n) is 29.9.